The normalized spacial score (nSPS) is 13.2. The molecule has 13 heavy (non-hydrogen) atoms. The largest absolute Gasteiger partial charge is 0.379 e. The van der Waals surface area contributed by atoms with Crippen LogP contribution in [0, 0.1) is 6.92 Å². The molecule has 0 heterocycles. The molecule has 0 radical (unpaired) electrons. The Balaban J connectivity index is 2.59. The van der Waals surface area contributed by atoms with Crippen LogP contribution in [0.3, 0.4) is 0 Å². The van der Waals surface area contributed by atoms with Crippen LogP contribution >= 0.6 is 0 Å². The van der Waals surface area contributed by atoms with Crippen LogP contribution in [0.4, 0.5) is 5.69 Å². The van der Waals surface area contributed by atoms with Crippen LogP contribution in [0.25, 0.3) is 0 Å². The molecule has 1 atom stereocenters. The predicted octanol–water partition coefficient (Wildman–Crippen LogP) is 3.37. The Morgan fingerprint density at radius 2 is 1.85 bits per heavy atom. The van der Waals surface area contributed by atoms with Gasteiger partial charge in [-0.05, 0) is 32.9 Å². The lowest BCUT2D eigenvalue weighted by Gasteiger charge is -2.10. The molecule has 1 rings (SSSR count). The van der Waals surface area contributed by atoms with Crippen molar-refractivity contribution in [3.63, 3.8) is 0 Å². The van der Waals surface area contributed by atoms with Crippen LogP contribution in [0.2, 0.25) is 0 Å². The first-order chi connectivity index (χ1) is 6.22. The number of hydrogen-bond acceptors (Lipinski definition) is 1. The first kappa shape index (κ1) is 9.85. The van der Waals surface area contributed by atoms with Crippen molar-refractivity contribution < 1.29 is 0 Å². The predicted molar refractivity (Wildman–Crippen MR) is 59.1 cm³/mol. The molecule has 0 spiro atoms. The Kier molecular flexibility index (Phi) is 3.56. The van der Waals surface area contributed by atoms with Crippen molar-refractivity contribution in [2.24, 2.45) is 0 Å². The molecule has 1 unspecified atom stereocenters. The number of nitrogens with one attached hydrogen (secondary N) is 1. The molecule has 0 bridgehead atoms. The van der Waals surface area contributed by atoms with Gasteiger partial charge in [-0.15, -0.1) is 0 Å². The van der Waals surface area contributed by atoms with E-state index in [0.29, 0.717) is 6.04 Å². The summed E-state index contributed by atoms with van der Waals surface area (Å²) < 4.78 is 0. The quantitative estimate of drug-likeness (QED) is 0.694. The summed E-state index contributed by atoms with van der Waals surface area (Å²) in [6, 6.07) is 8.84. The van der Waals surface area contributed by atoms with Crippen molar-refractivity contribution in [3.8, 4) is 0 Å². The van der Waals surface area contributed by atoms with Gasteiger partial charge in [0.25, 0.3) is 0 Å². The lowest BCUT2D eigenvalue weighted by Crippen LogP contribution is -2.11. The zero-order valence-electron chi connectivity index (χ0n) is 8.54. The van der Waals surface area contributed by atoms with Crippen molar-refractivity contribution in [3.05, 3.63) is 42.0 Å². The molecule has 1 aromatic carbocycles. The molecule has 1 aromatic rings. The smallest absolute Gasteiger partial charge is 0.0416 e. The summed E-state index contributed by atoms with van der Waals surface area (Å²) in [6.07, 6.45) is 4.20. The summed E-state index contributed by atoms with van der Waals surface area (Å²) in [5.41, 5.74) is 2.47. The highest BCUT2D eigenvalue weighted by Gasteiger charge is 1.95. The molecular formula is C12H17N. The maximum Gasteiger partial charge on any atom is 0.0416 e. The monoisotopic (exact) mass is 175 g/mol. The standard InChI is InChI=1S/C12H17N/c1-4-5-11(3)13-12-8-6-10(2)7-9-12/h4-9,11,13H,1-3H3. The van der Waals surface area contributed by atoms with E-state index in [1.165, 1.54) is 11.3 Å². The fourth-order valence-electron chi connectivity index (χ4n) is 1.25. The van der Waals surface area contributed by atoms with E-state index in [1.807, 2.05) is 6.92 Å². The van der Waals surface area contributed by atoms with Crippen LogP contribution in [-0.4, -0.2) is 6.04 Å². The van der Waals surface area contributed by atoms with Crippen molar-refractivity contribution in [1.82, 2.24) is 0 Å². The molecule has 0 saturated carbocycles. The van der Waals surface area contributed by atoms with Gasteiger partial charge < -0.3 is 5.32 Å². The Labute approximate surface area is 80.5 Å². The molecule has 1 heteroatoms. The van der Waals surface area contributed by atoms with Gasteiger partial charge in [0.05, 0.1) is 0 Å². The highest BCUT2D eigenvalue weighted by Crippen LogP contribution is 2.10. The van der Waals surface area contributed by atoms with Crippen molar-refractivity contribution in [2.75, 3.05) is 5.32 Å². The van der Waals surface area contributed by atoms with Crippen LogP contribution in [0.1, 0.15) is 19.4 Å². The summed E-state index contributed by atoms with van der Waals surface area (Å²) in [7, 11) is 0. The third kappa shape index (κ3) is 3.32. The molecular weight excluding hydrogens is 158 g/mol. The number of anilines is 1. The summed E-state index contributed by atoms with van der Waals surface area (Å²) in [6.45, 7) is 6.27. The van der Waals surface area contributed by atoms with Gasteiger partial charge in [-0.3, -0.25) is 0 Å². The zero-order chi connectivity index (χ0) is 9.68. The van der Waals surface area contributed by atoms with E-state index in [0.717, 1.165) is 0 Å². The number of allylic oxidation sites excluding steroid dienone is 1. The second kappa shape index (κ2) is 4.70. The van der Waals surface area contributed by atoms with Crippen molar-refractivity contribution in [1.29, 1.82) is 0 Å². The van der Waals surface area contributed by atoms with Crippen LogP contribution in [-0.2, 0) is 0 Å². The van der Waals surface area contributed by atoms with Gasteiger partial charge in [-0.25, -0.2) is 0 Å². The fourth-order valence-corrected chi connectivity index (χ4v) is 1.25. The lowest BCUT2D eigenvalue weighted by molar-refractivity contribution is 0.995. The fraction of sp³-hybridized carbons (Fsp3) is 0.333. The van der Waals surface area contributed by atoms with E-state index in [9.17, 15) is 0 Å². The van der Waals surface area contributed by atoms with E-state index in [4.69, 9.17) is 0 Å². The molecule has 0 saturated heterocycles. The van der Waals surface area contributed by atoms with Crippen molar-refractivity contribution >= 4 is 5.69 Å². The molecule has 1 nitrogen and oxygen atoms in total. The Hall–Kier alpha value is -1.24. The Morgan fingerprint density at radius 1 is 1.23 bits per heavy atom. The SMILES string of the molecule is CC=CC(C)Nc1ccc(C)cc1. The highest BCUT2D eigenvalue weighted by atomic mass is 14.9. The van der Waals surface area contributed by atoms with Gasteiger partial charge in [0, 0.05) is 11.7 Å². The van der Waals surface area contributed by atoms with Gasteiger partial charge in [-0.2, -0.15) is 0 Å². The van der Waals surface area contributed by atoms with Gasteiger partial charge in [0.1, 0.15) is 0 Å². The first-order valence-corrected chi connectivity index (χ1v) is 4.68. The molecule has 1 N–H and O–H groups in total. The molecule has 0 aromatic heterocycles. The summed E-state index contributed by atoms with van der Waals surface area (Å²) in [5.74, 6) is 0. The molecule has 0 aliphatic rings. The van der Waals surface area contributed by atoms with E-state index in [2.05, 4.69) is 55.6 Å². The number of aryl methyl sites for hydroxylation is 1. The number of hydrogen-bond donors (Lipinski definition) is 1. The summed E-state index contributed by atoms with van der Waals surface area (Å²) >= 11 is 0. The second-order valence-corrected chi connectivity index (χ2v) is 3.32. The van der Waals surface area contributed by atoms with E-state index < -0.39 is 0 Å². The first-order valence-electron chi connectivity index (χ1n) is 4.68. The van der Waals surface area contributed by atoms with Crippen molar-refractivity contribution in [2.45, 2.75) is 26.8 Å². The highest BCUT2D eigenvalue weighted by molar-refractivity contribution is 5.45. The number of benzene rings is 1. The minimum Gasteiger partial charge on any atom is -0.379 e. The summed E-state index contributed by atoms with van der Waals surface area (Å²) in [5, 5.41) is 3.38. The van der Waals surface area contributed by atoms with Gasteiger partial charge in [-0.1, -0.05) is 29.8 Å². The summed E-state index contributed by atoms with van der Waals surface area (Å²) in [4.78, 5) is 0. The van der Waals surface area contributed by atoms with Crippen LogP contribution < -0.4 is 5.32 Å². The van der Waals surface area contributed by atoms with E-state index in [-0.39, 0.29) is 0 Å². The third-order valence-corrected chi connectivity index (χ3v) is 1.93. The van der Waals surface area contributed by atoms with Gasteiger partial charge in [0.15, 0.2) is 0 Å². The van der Waals surface area contributed by atoms with E-state index in [1.54, 1.807) is 0 Å². The topological polar surface area (TPSA) is 12.0 Å². The molecule has 0 aliphatic carbocycles. The third-order valence-electron chi connectivity index (χ3n) is 1.93. The maximum absolute atomic E-state index is 3.38. The van der Waals surface area contributed by atoms with Gasteiger partial charge in [0.2, 0.25) is 0 Å². The molecule has 0 fully saturated rings. The van der Waals surface area contributed by atoms with E-state index >= 15 is 0 Å². The zero-order valence-corrected chi connectivity index (χ0v) is 8.54. The van der Waals surface area contributed by atoms with Crippen LogP contribution in [0.5, 0.6) is 0 Å². The Morgan fingerprint density at radius 3 is 2.38 bits per heavy atom. The lowest BCUT2D eigenvalue weighted by atomic mass is 10.2. The molecule has 0 amide bonds. The molecule has 0 aliphatic heterocycles. The van der Waals surface area contributed by atoms with Crippen LogP contribution in [0.15, 0.2) is 36.4 Å². The number of rotatable bonds is 3. The van der Waals surface area contributed by atoms with Gasteiger partial charge >= 0.3 is 0 Å². The Bertz CT molecular complexity index is 272. The maximum atomic E-state index is 3.38. The average molecular weight is 175 g/mol. The minimum absolute atomic E-state index is 0.396. The molecule has 70 valence electrons. The average Bonchev–Trinajstić information content (AvgIpc) is 2.09. The minimum atomic E-state index is 0.396. The second-order valence-electron chi connectivity index (χ2n) is 3.32.